The molecule has 11 heavy (non-hydrogen) atoms. The first kappa shape index (κ1) is 8.74. The minimum absolute atomic E-state index is 0.221. The van der Waals surface area contributed by atoms with Gasteiger partial charge in [-0.15, -0.1) is 0 Å². The number of benzene rings is 1. The molecule has 1 rings (SSSR count). The Labute approximate surface area is 73.0 Å². The Bertz CT molecular complexity index is 229. The second kappa shape index (κ2) is 4.51. The van der Waals surface area contributed by atoms with Gasteiger partial charge in [-0.25, -0.2) is 0 Å². The highest BCUT2D eigenvalue weighted by Crippen LogP contribution is 2.37. The van der Waals surface area contributed by atoms with Crippen LogP contribution >= 0.6 is 22.0 Å². The zero-order chi connectivity index (χ0) is 8.10. The quantitative estimate of drug-likeness (QED) is 0.677. The summed E-state index contributed by atoms with van der Waals surface area (Å²) in [6, 6.07) is 7.32. The summed E-state index contributed by atoms with van der Waals surface area (Å²) in [5.41, 5.74) is 0. The minimum atomic E-state index is 0.221. The van der Waals surface area contributed by atoms with Crippen molar-refractivity contribution < 1.29 is 8.62 Å². The molecule has 0 aliphatic carbocycles. The number of halogens is 1. The summed E-state index contributed by atoms with van der Waals surface area (Å²) in [5.74, 6) is 0.711. The van der Waals surface area contributed by atoms with E-state index in [2.05, 4.69) is 0 Å². The smallest absolute Gasteiger partial charge is 0.133 e. The summed E-state index contributed by atoms with van der Waals surface area (Å²) in [4.78, 5) is 0.808. The van der Waals surface area contributed by atoms with Crippen molar-refractivity contribution in [2.75, 3.05) is 7.11 Å². The normalized spacial score (nSPS) is 9.64. The van der Waals surface area contributed by atoms with Crippen LogP contribution < -0.4 is 4.74 Å². The van der Waals surface area contributed by atoms with Crippen molar-refractivity contribution in [2.45, 2.75) is 4.90 Å². The SMILES string of the molecule is COc1ccccc1SSF. The average Bonchev–Trinajstić information content (AvgIpc) is 2.06. The lowest BCUT2D eigenvalue weighted by molar-refractivity contribution is 0.405. The molecule has 0 spiro atoms. The summed E-state index contributed by atoms with van der Waals surface area (Å²) in [6.45, 7) is 0. The van der Waals surface area contributed by atoms with E-state index in [0.29, 0.717) is 5.75 Å². The third-order valence-electron chi connectivity index (χ3n) is 1.19. The van der Waals surface area contributed by atoms with Gasteiger partial charge in [0, 0.05) is 0 Å². The Morgan fingerprint density at radius 2 is 2.09 bits per heavy atom. The molecule has 0 N–H and O–H groups in total. The molecule has 0 aromatic heterocycles. The number of methoxy groups -OCH3 is 1. The summed E-state index contributed by atoms with van der Waals surface area (Å²) in [7, 11) is 2.62. The molecule has 0 radical (unpaired) electrons. The van der Waals surface area contributed by atoms with Crippen molar-refractivity contribution in [3.63, 3.8) is 0 Å². The van der Waals surface area contributed by atoms with Gasteiger partial charge in [0.15, 0.2) is 0 Å². The van der Waals surface area contributed by atoms with Crippen LogP contribution in [0, 0.1) is 0 Å². The highest BCUT2D eigenvalue weighted by atomic mass is 33.1. The summed E-state index contributed by atoms with van der Waals surface area (Å²) < 4.78 is 16.8. The monoisotopic (exact) mass is 190 g/mol. The fourth-order valence-corrected chi connectivity index (χ4v) is 1.77. The minimum Gasteiger partial charge on any atom is -0.496 e. The van der Waals surface area contributed by atoms with Gasteiger partial charge in [0.05, 0.1) is 12.0 Å². The van der Waals surface area contributed by atoms with Crippen LogP contribution in [0.3, 0.4) is 0 Å². The second-order valence-corrected chi connectivity index (χ2v) is 3.41. The van der Waals surface area contributed by atoms with E-state index in [1.807, 2.05) is 18.2 Å². The van der Waals surface area contributed by atoms with Gasteiger partial charge in [0.25, 0.3) is 0 Å². The predicted molar refractivity (Wildman–Crippen MR) is 47.6 cm³/mol. The van der Waals surface area contributed by atoms with Crippen molar-refractivity contribution >= 4 is 22.0 Å². The first-order valence-electron chi connectivity index (χ1n) is 2.96. The molecule has 0 heterocycles. The highest BCUT2D eigenvalue weighted by Gasteiger charge is 2.01. The van der Waals surface area contributed by atoms with Crippen molar-refractivity contribution in [2.24, 2.45) is 0 Å². The second-order valence-electron chi connectivity index (χ2n) is 1.80. The highest BCUT2D eigenvalue weighted by molar-refractivity contribution is 8.74. The molecule has 0 aliphatic rings. The zero-order valence-electron chi connectivity index (χ0n) is 5.91. The fraction of sp³-hybridized carbons (Fsp3) is 0.143. The summed E-state index contributed by atoms with van der Waals surface area (Å²) in [6.07, 6.45) is 0. The van der Waals surface area contributed by atoms with Gasteiger partial charge in [0.2, 0.25) is 0 Å². The molecule has 1 aromatic rings. The number of rotatable bonds is 3. The Balaban J connectivity index is 2.83. The van der Waals surface area contributed by atoms with Gasteiger partial charge in [-0.05, 0) is 22.9 Å². The van der Waals surface area contributed by atoms with E-state index in [1.54, 1.807) is 13.2 Å². The first-order chi connectivity index (χ1) is 5.38. The van der Waals surface area contributed by atoms with Crippen LogP contribution in [0.5, 0.6) is 5.75 Å². The molecule has 0 saturated heterocycles. The molecule has 0 aliphatic heterocycles. The van der Waals surface area contributed by atoms with E-state index < -0.39 is 0 Å². The number of para-hydroxylation sites is 1. The van der Waals surface area contributed by atoms with Gasteiger partial charge < -0.3 is 4.74 Å². The van der Waals surface area contributed by atoms with E-state index in [0.717, 1.165) is 15.7 Å². The maximum absolute atomic E-state index is 11.8. The third kappa shape index (κ3) is 2.31. The van der Waals surface area contributed by atoms with Crippen molar-refractivity contribution in [1.82, 2.24) is 0 Å². The standard InChI is InChI=1S/C7H7FOS2/c1-9-6-4-2-3-5-7(6)10-11-8/h2-5H,1H3. The van der Waals surface area contributed by atoms with Gasteiger partial charge in [-0.3, -0.25) is 0 Å². The van der Waals surface area contributed by atoms with Crippen molar-refractivity contribution in [3.05, 3.63) is 24.3 Å². The van der Waals surface area contributed by atoms with Crippen LogP contribution in [0.1, 0.15) is 0 Å². The molecular formula is C7H7FOS2. The molecule has 0 amide bonds. The van der Waals surface area contributed by atoms with Crippen LogP contribution in [0.25, 0.3) is 0 Å². The molecule has 0 atom stereocenters. The van der Waals surface area contributed by atoms with Gasteiger partial charge in [-0.2, -0.15) is 3.89 Å². The van der Waals surface area contributed by atoms with Crippen LogP contribution in [0.4, 0.5) is 3.89 Å². The van der Waals surface area contributed by atoms with Crippen LogP contribution in [0.15, 0.2) is 29.2 Å². The van der Waals surface area contributed by atoms with Crippen molar-refractivity contribution in [1.29, 1.82) is 0 Å². The predicted octanol–water partition coefficient (Wildman–Crippen LogP) is 3.32. The van der Waals surface area contributed by atoms with E-state index >= 15 is 0 Å². The molecule has 1 aromatic carbocycles. The summed E-state index contributed by atoms with van der Waals surface area (Å²) in [5, 5.41) is 0. The number of hydrogen-bond acceptors (Lipinski definition) is 3. The Morgan fingerprint density at radius 3 is 2.73 bits per heavy atom. The molecule has 60 valence electrons. The van der Waals surface area contributed by atoms with Crippen LogP contribution in [0.2, 0.25) is 0 Å². The van der Waals surface area contributed by atoms with Crippen molar-refractivity contribution in [3.8, 4) is 5.75 Å². The molecule has 0 unspecified atom stereocenters. The summed E-state index contributed by atoms with van der Waals surface area (Å²) >= 11 is 0.221. The number of ether oxygens (including phenoxy) is 1. The van der Waals surface area contributed by atoms with E-state index in [1.165, 1.54) is 0 Å². The first-order valence-corrected chi connectivity index (χ1v) is 5.02. The Hall–Kier alpha value is -0.350. The maximum atomic E-state index is 11.8. The van der Waals surface area contributed by atoms with Crippen LogP contribution in [-0.2, 0) is 0 Å². The van der Waals surface area contributed by atoms with E-state index in [4.69, 9.17) is 4.74 Å². The molecule has 1 nitrogen and oxygen atoms in total. The Morgan fingerprint density at radius 1 is 1.36 bits per heavy atom. The number of hydrogen-bond donors (Lipinski definition) is 0. The topological polar surface area (TPSA) is 9.23 Å². The van der Waals surface area contributed by atoms with E-state index in [-0.39, 0.29) is 11.2 Å². The van der Waals surface area contributed by atoms with Gasteiger partial charge in [-0.1, -0.05) is 12.1 Å². The maximum Gasteiger partial charge on any atom is 0.133 e. The molecule has 0 bridgehead atoms. The van der Waals surface area contributed by atoms with Gasteiger partial charge in [0.1, 0.15) is 16.9 Å². The molecule has 0 saturated carbocycles. The fourth-order valence-electron chi connectivity index (χ4n) is 0.722. The molecule has 4 heteroatoms. The van der Waals surface area contributed by atoms with E-state index in [9.17, 15) is 3.89 Å². The van der Waals surface area contributed by atoms with Crippen LogP contribution in [-0.4, -0.2) is 7.11 Å². The average molecular weight is 190 g/mol. The lowest BCUT2D eigenvalue weighted by Crippen LogP contribution is -1.83. The zero-order valence-corrected chi connectivity index (χ0v) is 7.55. The molecule has 0 fully saturated rings. The van der Waals surface area contributed by atoms with Gasteiger partial charge >= 0.3 is 0 Å². The molecular weight excluding hydrogens is 183 g/mol. The lowest BCUT2D eigenvalue weighted by atomic mass is 10.3. The third-order valence-corrected chi connectivity index (χ3v) is 2.50. The lowest BCUT2D eigenvalue weighted by Gasteiger charge is -2.03. The Kier molecular flexibility index (Phi) is 3.59. The largest absolute Gasteiger partial charge is 0.496 e.